The molecule has 0 atom stereocenters. The molecule has 8 aromatic rings. The van der Waals surface area contributed by atoms with Crippen LogP contribution in [0.5, 0.6) is 11.5 Å². The van der Waals surface area contributed by atoms with Crippen LogP contribution in [-0.2, 0) is 51.1 Å². The summed E-state index contributed by atoms with van der Waals surface area (Å²) in [6, 6.07) is 60.0. The third-order valence-corrected chi connectivity index (χ3v) is 23.9. The van der Waals surface area contributed by atoms with Crippen molar-refractivity contribution in [1.82, 2.24) is 44.5 Å². The van der Waals surface area contributed by atoms with Crippen LogP contribution in [0.15, 0.2) is 209 Å². The number of nitrogens with two attached hydrogens (primary N) is 2. The van der Waals surface area contributed by atoms with Crippen LogP contribution in [0.1, 0.15) is 223 Å². The van der Waals surface area contributed by atoms with Crippen molar-refractivity contribution in [3.8, 4) is 11.5 Å². The van der Waals surface area contributed by atoms with Gasteiger partial charge >= 0.3 is 69.8 Å². The Morgan fingerprint density at radius 2 is 0.628 bits per heavy atom. The molecule has 0 fully saturated rings. The quantitative estimate of drug-likeness (QED) is 0.00290. The third kappa shape index (κ3) is 52.8. The number of amides is 10. The minimum atomic E-state index is -1.06. The molecular formula is C107H145ClKN11O20S5. The number of phenolic OH excluding ortho intramolecular Hbond substituents is 1. The van der Waals surface area contributed by atoms with Crippen LogP contribution in [-0.4, -0.2) is 268 Å². The predicted molar refractivity (Wildman–Crippen MR) is 580 cm³/mol. The average molecular weight is 2140 g/mol. The van der Waals surface area contributed by atoms with Gasteiger partial charge in [-0.25, -0.2) is 14.4 Å². The van der Waals surface area contributed by atoms with E-state index in [9.17, 15) is 62.6 Å². The summed E-state index contributed by atoms with van der Waals surface area (Å²) in [7, 11) is 19.3. The number of alkyl carbamates (subject to hydrolysis) is 1. The zero-order chi connectivity index (χ0) is 107. The van der Waals surface area contributed by atoms with E-state index in [1.165, 1.54) is 79.3 Å². The number of thiocarbonyl (C=S) groups is 2. The number of thioether (sulfide) groups is 3. The number of nitrogens with zero attached hydrogens (tertiary/aromatic N) is 8. The van der Waals surface area contributed by atoms with Gasteiger partial charge < -0.3 is 80.7 Å². The van der Waals surface area contributed by atoms with Crippen LogP contribution in [0.4, 0.5) is 28.8 Å². The molecule has 0 aromatic heterocycles. The fraction of sp³-hybridized carbons (Fsp3) is 0.421. The van der Waals surface area contributed by atoms with Crippen molar-refractivity contribution in [1.29, 1.82) is 0 Å². The number of rotatable bonds is 28. The molecule has 0 spiro atoms. The number of hydrogen-bond acceptors (Lipinski definition) is 27. The van der Waals surface area contributed by atoms with E-state index in [-0.39, 0.29) is 126 Å². The van der Waals surface area contributed by atoms with Crippen molar-refractivity contribution in [2.45, 2.75) is 197 Å². The van der Waals surface area contributed by atoms with Crippen molar-refractivity contribution in [3.05, 3.63) is 255 Å². The molecule has 38 heteroatoms. The molecule has 8 N–H and O–H groups in total. The van der Waals surface area contributed by atoms with E-state index >= 15 is 0 Å². The first-order chi connectivity index (χ1) is 67.5. The standard InChI is InChI=1S/2C21H22N2O3S.C18H28N2O3S.C18H17NO3.C13H20N2OS.C10H18O5.C3H6ClNS.C2H6O.CH5N.K.H2O/c1-22(2)21(26)27-16-12-10-15(11-13-16)7-5-6-14-23-19(24)17-8-3-4-9-18(17)20(23)25;1-22(2)21(27)26-16-12-10-15(11-13-16)7-5-6-14-23-19(24)17-8-3-4-9-18(17)20(23)25;1-18(2,3)23-16(21)19-13-7-6-8-14-9-11-15(12-10-14)24-17(22)20(4)5;20-14-10-8-13(9-11-14)5-3-4-12-19-17(21)15-6-1-2-7-16(15)18(19)22;1-15(2)13(16)17-12-8-6-11(7-9-12)5-3-4-10-14;1-9(2,3)14-7(11)13-8(12)15-10(4,5)6;1-5(2)3(4)6;1-2-3;1-2;;/h2*3-4,8-13H,5-7,14H2,1-2H3;9-12H,6-8,13H2,1-5H3,(H,19,21);1-2,6-11,20H,3-5,12H2;6-9H,3-5,10,14H2,1-2H3;1-6H3;1-2H3;3H,2H2,1H3;2H2,1H3;;1H2/q;;;;;;;;;+1;/p-1. The molecule has 10 amide bonds. The van der Waals surface area contributed by atoms with E-state index in [2.05, 4.69) is 40.1 Å². The number of benzene rings is 8. The van der Waals surface area contributed by atoms with E-state index < -0.39 is 29.1 Å². The number of carbonyl (C=O) groups is 12. The Kier molecular flexibility index (Phi) is 64.0. The molecule has 145 heavy (non-hydrogen) atoms. The van der Waals surface area contributed by atoms with Gasteiger partial charge in [-0.1, -0.05) is 109 Å². The largest absolute Gasteiger partial charge is 1.00 e. The number of phenols is 1. The summed E-state index contributed by atoms with van der Waals surface area (Å²) in [6.07, 6.45) is 11.2. The molecule has 3 aliphatic heterocycles. The molecule has 0 radical (unpaired) electrons. The first-order valence-electron chi connectivity index (χ1n) is 46.9. The minimum Gasteiger partial charge on any atom is -0.870 e. The molecule has 3 heterocycles. The van der Waals surface area contributed by atoms with Crippen molar-refractivity contribution in [2.75, 3.05) is 117 Å². The number of hydrogen-bond donors (Lipinski definition) is 5. The molecule has 0 bridgehead atoms. The Morgan fingerprint density at radius 3 is 0.862 bits per heavy atom. The predicted octanol–water partition coefficient (Wildman–Crippen LogP) is 18.0. The van der Waals surface area contributed by atoms with Crippen LogP contribution in [0.3, 0.4) is 0 Å². The summed E-state index contributed by atoms with van der Waals surface area (Å²) in [4.78, 5) is 157. The van der Waals surface area contributed by atoms with Crippen molar-refractivity contribution < 1.29 is 148 Å². The monoisotopic (exact) mass is 2140 g/mol. The smallest absolute Gasteiger partial charge is 0.870 e. The molecule has 786 valence electrons. The van der Waals surface area contributed by atoms with E-state index in [1.54, 1.807) is 214 Å². The van der Waals surface area contributed by atoms with Gasteiger partial charge in [0.1, 0.15) is 28.3 Å². The number of fused-ring (bicyclic) bond motifs is 3. The van der Waals surface area contributed by atoms with Gasteiger partial charge in [0, 0.05) is 118 Å². The number of aliphatic hydroxyl groups is 1. The first-order valence-corrected chi connectivity index (χ1v) is 50.5. The Bertz CT molecular complexity index is 5120. The normalized spacial score (nSPS) is 11.6. The van der Waals surface area contributed by atoms with E-state index in [0.717, 1.165) is 123 Å². The van der Waals surface area contributed by atoms with Gasteiger partial charge in [0.2, 0.25) is 0 Å². The summed E-state index contributed by atoms with van der Waals surface area (Å²) < 4.78 is 24.9. The average Bonchev–Trinajstić information content (AvgIpc) is 1.65. The van der Waals surface area contributed by atoms with Gasteiger partial charge in [0.15, 0.2) is 4.45 Å². The number of nitrogens with one attached hydrogen (secondary N) is 1. The van der Waals surface area contributed by atoms with Crippen LogP contribution in [0.2, 0.25) is 0 Å². The van der Waals surface area contributed by atoms with Gasteiger partial charge in [-0.05, 0) is 364 Å². The van der Waals surface area contributed by atoms with Crippen molar-refractivity contribution in [3.63, 3.8) is 0 Å². The van der Waals surface area contributed by atoms with Crippen LogP contribution < -0.4 is 72.9 Å². The first kappa shape index (κ1) is 133. The second-order valence-corrected chi connectivity index (χ2v) is 40.6. The third-order valence-electron chi connectivity index (χ3n) is 19.6. The zero-order valence-electron chi connectivity index (χ0n) is 87.8. The minimum absolute atomic E-state index is 0. The molecular weight excluding hydrogens is 1990 g/mol. The van der Waals surface area contributed by atoms with Gasteiger partial charge in [-0.3, -0.25) is 57.9 Å². The maximum atomic E-state index is 12.3. The zero-order valence-corrected chi connectivity index (χ0v) is 95.7. The van der Waals surface area contributed by atoms with Gasteiger partial charge in [-0.15, -0.1) is 0 Å². The molecule has 3 aliphatic rings. The molecule has 0 saturated carbocycles. The maximum absolute atomic E-state index is 12.3. The van der Waals surface area contributed by atoms with Crippen LogP contribution >= 0.6 is 71.3 Å². The number of halogens is 1. The van der Waals surface area contributed by atoms with Gasteiger partial charge in [0.05, 0.1) is 33.4 Å². The number of aromatic hydroxyl groups is 1. The molecule has 0 saturated heterocycles. The second kappa shape index (κ2) is 69.8. The summed E-state index contributed by atoms with van der Waals surface area (Å²) in [5.41, 5.74) is 17.2. The van der Waals surface area contributed by atoms with Crippen molar-refractivity contribution >= 4 is 151 Å². The summed E-state index contributed by atoms with van der Waals surface area (Å²) in [5, 5.41) is 20.1. The number of imide groups is 3. The molecule has 31 nitrogen and oxygen atoms in total. The second-order valence-electron chi connectivity index (χ2n) is 36.2. The maximum Gasteiger partial charge on any atom is 1.00 e. The fourth-order valence-corrected chi connectivity index (χ4v) is 14.6. The Labute approximate surface area is 927 Å². The number of ether oxygens (including phenoxy) is 5. The summed E-state index contributed by atoms with van der Waals surface area (Å²) in [5.74, 6) is -0.165. The Morgan fingerprint density at radius 1 is 0.386 bits per heavy atom. The van der Waals surface area contributed by atoms with E-state index in [1.807, 2.05) is 132 Å². The van der Waals surface area contributed by atoms with Crippen molar-refractivity contribution in [2.24, 2.45) is 11.5 Å². The summed E-state index contributed by atoms with van der Waals surface area (Å²) in [6.45, 7) is 20.2. The van der Waals surface area contributed by atoms with Crippen LogP contribution in [0.25, 0.3) is 0 Å². The van der Waals surface area contributed by atoms with Gasteiger partial charge in [0.25, 0.3) is 56.3 Å². The topological polar surface area (TPSA) is 411 Å². The fourth-order valence-electron chi connectivity index (χ4n) is 12.5. The number of aryl methyl sites for hydroxylation is 5. The van der Waals surface area contributed by atoms with E-state index in [0.29, 0.717) is 74.9 Å². The van der Waals surface area contributed by atoms with Gasteiger partial charge in [-0.2, -0.15) is 0 Å². The molecule has 8 aromatic carbocycles. The summed E-state index contributed by atoms with van der Waals surface area (Å²) >= 11 is 18.6. The molecule has 0 aliphatic carbocycles. The number of carbonyl (C=O) groups excluding carboxylic acids is 12. The number of aliphatic hydroxyl groups excluding tert-OH is 1. The Balaban J connectivity index is 0.000000857. The Hall–Kier alpha value is -10.2. The molecule has 11 rings (SSSR count). The van der Waals surface area contributed by atoms with Crippen LogP contribution in [0, 0.1) is 0 Å². The number of unbranched alkanes of at least 4 members (excludes halogenated alkanes) is 5. The molecule has 0 unspecified atom stereocenters. The van der Waals surface area contributed by atoms with E-state index in [4.69, 9.17) is 53.6 Å². The SMILES string of the molecule is CC(C)(C)OC(=O)OC(=O)OC(C)(C)C.CCO.CN.CN(C)C(=O)Sc1ccc(CCCCN)cc1.CN(C)C(=O)Sc1ccc(CCCCN2C(=O)c3ccccc3C2=O)cc1.CN(C)C(=O)Sc1ccc(CCCCNC(=O)OC(C)(C)C)cc1.CN(C)C(=S)Cl.CN(C)C(=S)Oc1ccc(CCCCN2C(=O)c3ccccc3C2=O)cc1.O=C1c2ccccc2C(=O)N1CCCCc1ccc(O)cc1.[K+].[OH-].